The van der Waals surface area contributed by atoms with E-state index in [1.165, 1.54) is 22.2 Å². The Kier molecular flexibility index (Phi) is 5.31. The van der Waals surface area contributed by atoms with Crippen molar-refractivity contribution in [2.24, 2.45) is 0 Å². The number of ether oxygens (including phenoxy) is 1. The molecule has 0 aliphatic carbocycles. The lowest BCUT2D eigenvalue weighted by atomic mass is 9.87. The van der Waals surface area contributed by atoms with Crippen molar-refractivity contribution >= 4 is 22.8 Å². The molecule has 0 saturated carbocycles. The summed E-state index contributed by atoms with van der Waals surface area (Å²) in [5.74, 6) is 1.05. The minimum absolute atomic E-state index is 0.0886. The van der Waals surface area contributed by atoms with E-state index in [1.807, 2.05) is 18.2 Å². The van der Waals surface area contributed by atoms with Gasteiger partial charge in [-0.2, -0.15) is 4.98 Å². The van der Waals surface area contributed by atoms with Gasteiger partial charge in [-0.15, -0.1) is 0 Å². The molecule has 4 nitrogen and oxygen atoms in total. The van der Waals surface area contributed by atoms with Gasteiger partial charge in [0.1, 0.15) is 5.82 Å². The predicted molar refractivity (Wildman–Crippen MR) is 95.6 cm³/mol. The van der Waals surface area contributed by atoms with Crippen LogP contribution in [0.15, 0.2) is 47.4 Å². The molecule has 0 bridgehead atoms. The average molecular weight is 330 g/mol. The molecule has 0 radical (unpaired) electrons. The Morgan fingerprint density at radius 3 is 2.35 bits per heavy atom. The number of aromatic nitrogens is 1. The quantitative estimate of drug-likeness (QED) is 0.763. The first kappa shape index (κ1) is 17.3. The first-order chi connectivity index (χ1) is 10.8. The Hall–Kier alpha value is -2.01. The van der Waals surface area contributed by atoms with Gasteiger partial charge in [0, 0.05) is 18.0 Å². The van der Waals surface area contributed by atoms with Gasteiger partial charge in [0.2, 0.25) is 5.88 Å². The number of anilines is 1. The number of methoxy groups -OCH3 is 1. The third-order valence-corrected chi connectivity index (χ3v) is 4.42. The maximum Gasteiger partial charge on any atom is 0.291 e. The van der Waals surface area contributed by atoms with Crippen LogP contribution in [-0.2, 0) is 5.41 Å². The Morgan fingerprint density at radius 2 is 1.78 bits per heavy atom. The van der Waals surface area contributed by atoms with E-state index in [0.717, 1.165) is 4.90 Å². The van der Waals surface area contributed by atoms with Gasteiger partial charge in [-0.25, -0.2) is 0 Å². The summed E-state index contributed by atoms with van der Waals surface area (Å²) in [5, 5.41) is -0.0886. The van der Waals surface area contributed by atoms with E-state index >= 15 is 0 Å². The third-order valence-electron chi connectivity index (χ3n) is 3.46. The molecule has 2 rings (SSSR count). The van der Waals surface area contributed by atoms with Crippen LogP contribution in [0.4, 0.5) is 10.6 Å². The lowest BCUT2D eigenvalue weighted by Crippen LogP contribution is -2.22. The van der Waals surface area contributed by atoms with Crippen LogP contribution in [0, 0.1) is 0 Å². The van der Waals surface area contributed by atoms with Crippen molar-refractivity contribution in [2.45, 2.75) is 31.1 Å². The van der Waals surface area contributed by atoms with Crippen LogP contribution in [0.3, 0.4) is 0 Å². The van der Waals surface area contributed by atoms with E-state index in [9.17, 15) is 4.79 Å². The molecular weight excluding hydrogens is 308 g/mol. The molecule has 122 valence electrons. The van der Waals surface area contributed by atoms with E-state index in [4.69, 9.17) is 4.74 Å². The molecule has 0 spiro atoms. The van der Waals surface area contributed by atoms with Crippen LogP contribution in [-0.4, -0.2) is 24.4 Å². The number of rotatable bonds is 3. The second kappa shape index (κ2) is 7.04. The summed E-state index contributed by atoms with van der Waals surface area (Å²) in [5.41, 5.74) is 1.35. The molecule has 0 atom stereocenters. The zero-order valence-electron chi connectivity index (χ0n) is 14.2. The topological polar surface area (TPSA) is 42.4 Å². The molecule has 1 heterocycles. The van der Waals surface area contributed by atoms with E-state index in [1.54, 1.807) is 26.3 Å². The molecular formula is C18H22N2O2S. The van der Waals surface area contributed by atoms with E-state index in [2.05, 4.69) is 37.9 Å². The van der Waals surface area contributed by atoms with Gasteiger partial charge < -0.3 is 4.74 Å². The van der Waals surface area contributed by atoms with Gasteiger partial charge >= 0.3 is 0 Å². The van der Waals surface area contributed by atoms with Crippen LogP contribution < -0.4 is 9.64 Å². The highest BCUT2D eigenvalue weighted by atomic mass is 32.2. The van der Waals surface area contributed by atoms with Crippen molar-refractivity contribution in [3.8, 4) is 5.88 Å². The number of carbonyl (C=O) groups excluding carboxylic acids is 1. The zero-order valence-corrected chi connectivity index (χ0v) is 15.0. The number of carbonyl (C=O) groups is 1. The summed E-state index contributed by atoms with van der Waals surface area (Å²) in [6, 6.07) is 13.4. The summed E-state index contributed by atoms with van der Waals surface area (Å²) in [6.45, 7) is 6.51. The van der Waals surface area contributed by atoms with Crippen LogP contribution in [0.5, 0.6) is 5.88 Å². The molecule has 0 N–H and O–H groups in total. The van der Waals surface area contributed by atoms with Gasteiger partial charge in [-0.3, -0.25) is 9.69 Å². The molecule has 0 aliphatic heterocycles. The highest BCUT2D eigenvalue weighted by Crippen LogP contribution is 2.28. The van der Waals surface area contributed by atoms with E-state index < -0.39 is 0 Å². The second-order valence-electron chi connectivity index (χ2n) is 6.24. The Bertz CT molecular complexity index is 678. The first-order valence-corrected chi connectivity index (χ1v) is 8.20. The molecule has 0 saturated heterocycles. The van der Waals surface area contributed by atoms with Gasteiger partial charge in [0.05, 0.1) is 7.11 Å². The fourth-order valence-corrected chi connectivity index (χ4v) is 2.69. The van der Waals surface area contributed by atoms with Crippen molar-refractivity contribution in [1.82, 2.24) is 4.98 Å². The van der Waals surface area contributed by atoms with Gasteiger partial charge in [-0.1, -0.05) is 39.0 Å². The molecule has 0 unspecified atom stereocenters. The standard InChI is InChI=1S/C18H22N2O2S/c1-18(2,3)13-9-11-14(12-10-13)23-17(21)20(4)15-7-6-8-16(19-15)22-5/h6-12H,1-5H3. The third kappa shape index (κ3) is 4.48. The fourth-order valence-electron chi connectivity index (χ4n) is 1.99. The van der Waals surface area contributed by atoms with Gasteiger partial charge in [0.15, 0.2) is 0 Å². The normalized spacial score (nSPS) is 11.2. The summed E-state index contributed by atoms with van der Waals surface area (Å²) in [4.78, 5) is 19.1. The van der Waals surface area contributed by atoms with Crippen molar-refractivity contribution < 1.29 is 9.53 Å². The predicted octanol–water partition coefficient (Wildman–Crippen LogP) is 4.74. The van der Waals surface area contributed by atoms with Crippen LogP contribution >= 0.6 is 11.8 Å². The van der Waals surface area contributed by atoms with Crippen molar-refractivity contribution in [2.75, 3.05) is 19.1 Å². The summed E-state index contributed by atoms with van der Waals surface area (Å²) in [6.07, 6.45) is 0. The molecule has 23 heavy (non-hydrogen) atoms. The van der Waals surface area contributed by atoms with E-state index in [0.29, 0.717) is 11.7 Å². The SMILES string of the molecule is COc1cccc(N(C)C(=O)Sc2ccc(C(C)(C)C)cc2)n1. The summed E-state index contributed by atoms with van der Waals surface area (Å²) < 4.78 is 5.09. The second-order valence-corrected chi connectivity index (χ2v) is 7.26. The number of hydrogen-bond acceptors (Lipinski definition) is 4. The lowest BCUT2D eigenvalue weighted by molar-refractivity contribution is 0.266. The number of amides is 1. The monoisotopic (exact) mass is 330 g/mol. The van der Waals surface area contributed by atoms with Crippen molar-refractivity contribution in [1.29, 1.82) is 0 Å². The van der Waals surface area contributed by atoms with Crippen LogP contribution in [0.25, 0.3) is 0 Å². The number of thioether (sulfide) groups is 1. The molecule has 5 heteroatoms. The van der Waals surface area contributed by atoms with Gasteiger partial charge in [-0.05, 0) is 40.9 Å². The highest BCUT2D eigenvalue weighted by molar-refractivity contribution is 8.13. The van der Waals surface area contributed by atoms with Gasteiger partial charge in [0.25, 0.3) is 5.24 Å². The minimum Gasteiger partial charge on any atom is -0.481 e. The number of hydrogen-bond donors (Lipinski definition) is 0. The maximum absolute atomic E-state index is 12.4. The van der Waals surface area contributed by atoms with Crippen molar-refractivity contribution in [3.05, 3.63) is 48.0 Å². The largest absolute Gasteiger partial charge is 0.481 e. The number of pyridine rings is 1. The first-order valence-electron chi connectivity index (χ1n) is 7.38. The minimum atomic E-state index is -0.0886. The highest BCUT2D eigenvalue weighted by Gasteiger charge is 2.16. The lowest BCUT2D eigenvalue weighted by Gasteiger charge is -2.19. The van der Waals surface area contributed by atoms with Crippen LogP contribution in [0.1, 0.15) is 26.3 Å². The molecule has 1 amide bonds. The smallest absolute Gasteiger partial charge is 0.291 e. The van der Waals surface area contributed by atoms with E-state index in [-0.39, 0.29) is 10.7 Å². The zero-order chi connectivity index (χ0) is 17.0. The fraction of sp³-hybridized carbons (Fsp3) is 0.333. The molecule has 1 aromatic carbocycles. The maximum atomic E-state index is 12.4. The Labute approximate surface area is 141 Å². The van der Waals surface area contributed by atoms with Crippen LogP contribution in [0.2, 0.25) is 0 Å². The molecule has 0 aliphatic rings. The Balaban J connectivity index is 2.09. The average Bonchev–Trinajstić information content (AvgIpc) is 2.53. The van der Waals surface area contributed by atoms with Crippen molar-refractivity contribution in [3.63, 3.8) is 0 Å². The summed E-state index contributed by atoms with van der Waals surface area (Å²) in [7, 11) is 3.26. The number of nitrogens with zero attached hydrogens (tertiary/aromatic N) is 2. The molecule has 2 aromatic rings. The molecule has 1 aromatic heterocycles. The molecule has 0 fully saturated rings. The Morgan fingerprint density at radius 1 is 1.13 bits per heavy atom. The number of benzene rings is 1. The summed E-state index contributed by atoms with van der Waals surface area (Å²) >= 11 is 1.19.